The number of carbonyl (C=O) groups excluding carboxylic acids is 2. The van der Waals surface area contributed by atoms with Crippen molar-refractivity contribution in [2.45, 2.75) is 6.04 Å². The average molecular weight is 482 g/mol. The van der Waals surface area contributed by atoms with Gasteiger partial charge in [-0.2, -0.15) is 0 Å². The molecule has 2 heterocycles. The fraction of sp³-hybridized carbons (Fsp3) is 0.172. The Morgan fingerprint density at radius 2 is 1.58 bits per heavy atom. The molecule has 1 aromatic heterocycles. The smallest absolute Gasteiger partial charge is 0.330 e. The summed E-state index contributed by atoms with van der Waals surface area (Å²) < 4.78 is 24.0. The van der Waals surface area contributed by atoms with E-state index in [9.17, 15) is 9.59 Å². The summed E-state index contributed by atoms with van der Waals surface area (Å²) in [6, 6.07) is 22.2. The number of rotatable bonds is 4. The van der Waals surface area contributed by atoms with Crippen molar-refractivity contribution < 1.29 is 28.5 Å². The van der Waals surface area contributed by atoms with E-state index in [1.54, 1.807) is 0 Å². The van der Waals surface area contributed by atoms with E-state index >= 15 is 0 Å². The van der Waals surface area contributed by atoms with Gasteiger partial charge >= 0.3 is 11.9 Å². The number of benzene rings is 3. The fourth-order valence-corrected chi connectivity index (χ4v) is 5.45. The second-order valence-electron chi connectivity index (χ2n) is 8.74. The van der Waals surface area contributed by atoms with Gasteiger partial charge < -0.3 is 23.5 Å². The van der Waals surface area contributed by atoms with E-state index in [2.05, 4.69) is 0 Å². The Kier molecular flexibility index (Phi) is 5.07. The van der Waals surface area contributed by atoms with Crippen molar-refractivity contribution in [1.29, 1.82) is 0 Å². The van der Waals surface area contributed by atoms with Gasteiger partial charge in [0.1, 0.15) is 0 Å². The molecular formula is C29H23NO6. The maximum atomic E-state index is 13.9. The molecule has 36 heavy (non-hydrogen) atoms. The van der Waals surface area contributed by atoms with Crippen LogP contribution in [0.4, 0.5) is 0 Å². The molecule has 7 nitrogen and oxygen atoms in total. The monoisotopic (exact) mass is 481 g/mol. The summed E-state index contributed by atoms with van der Waals surface area (Å²) in [6.45, 7) is 0.103. The highest BCUT2D eigenvalue weighted by molar-refractivity contribution is 6.18. The quantitative estimate of drug-likeness (QED) is 0.307. The molecular weight excluding hydrogens is 458 g/mol. The van der Waals surface area contributed by atoms with Crippen molar-refractivity contribution in [3.8, 4) is 11.5 Å². The van der Waals surface area contributed by atoms with Crippen LogP contribution < -0.4 is 9.47 Å². The molecule has 0 amide bonds. The molecule has 0 bridgehead atoms. The molecule has 180 valence electrons. The van der Waals surface area contributed by atoms with Gasteiger partial charge in [-0.3, -0.25) is 9.59 Å². The van der Waals surface area contributed by atoms with Crippen molar-refractivity contribution in [2.75, 3.05) is 21.0 Å². The molecule has 0 saturated carbocycles. The molecule has 3 aromatic carbocycles. The van der Waals surface area contributed by atoms with Crippen LogP contribution in [0.25, 0.3) is 22.6 Å². The zero-order chi connectivity index (χ0) is 24.9. The largest absolute Gasteiger partial charge is 0.468 e. The number of carbonyl (C=O) groups is 2. The van der Waals surface area contributed by atoms with E-state index in [4.69, 9.17) is 18.9 Å². The first-order chi connectivity index (χ1) is 17.6. The predicted octanol–water partition coefficient (Wildman–Crippen LogP) is 4.85. The number of para-hydroxylation sites is 1. The van der Waals surface area contributed by atoms with Crippen LogP contribution in [-0.4, -0.2) is 37.5 Å². The number of fused-ring (bicyclic) bond motifs is 3. The van der Waals surface area contributed by atoms with Crippen LogP contribution in [0.2, 0.25) is 0 Å². The number of methoxy groups -OCH3 is 2. The maximum Gasteiger partial charge on any atom is 0.330 e. The van der Waals surface area contributed by atoms with Crippen LogP contribution >= 0.6 is 0 Å². The molecule has 1 aliphatic carbocycles. The van der Waals surface area contributed by atoms with Gasteiger partial charge in [0.25, 0.3) is 0 Å². The normalized spacial score (nSPS) is 18.3. The Morgan fingerprint density at radius 3 is 2.31 bits per heavy atom. The maximum absolute atomic E-state index is 13.9. The van der Waals surface area contributed by atoms with Crippen LogP contribution in [0.1, 0.15) is 22.7 Å². The third-order valence-corrected chi connectivity index (χ3v) is 7.00. The second kappa shape index (κ2) is 8.30. The zero-order valence-corrected chi connectivity index (χ0v) is 19.8. The third-order valence-electron chi connectivity index (χ3n) is 7.00. The molecule has 7 heteroatoms. The zero-order valence-electron chi connectivity index (χ0n) is 19.8. The lowest BCUT2D eigenvalue weighted by atomic mass is 9.76. The van der Waals surface area contributed by atoms with Crippen molar-refractivity contribution in [3.63, 3.8) is 0 Å². The number of ether oxygens (including phenoxy) is 4. The fourth-order valence-electron chi connectivity index (χ4n) is 5.45. The Bertz CT molecular complexity index is 1520. The summed E-state index contributed by atoms with van der Waals surface area (Å²) in [5.41, 5.74) is 1.78. The summed E-state index contributed by atoms with van der Waals surface area (Å²) in [5, 5.41) is 0.976. The molecule has 0 saturated heterocycles. The molecule has 0 fully saturated rings. The molecule has 1 atom stereocenters. The topological polar surface area (TPSA) is 76.0 Å². The predicted molar refractivity (Wildman–Crippen MR) is 133 cm³/mol. The van der Waals surface area contributed by atoms with Gasteiger partial charge in [0.2, 0.25) is 12.2 Å². The molecule has 4 aromatic rings. The van der Waals surface area contributed by atoms with Crippen LogP contribution in [0.3, 0.4) is 0 Å². The van der Waals surface area contributed by atoms with Gasteiger partial charge in [-0.25, -0.2) is 0 Å². The van der Waals surface area contributed by atoms with Crippen molar-refractivity contribution >= 4 is 34.5 Å². The minimum Gasteiger partial charge on any atom is -0.468 e. The molecule has 0 radical (unpaired) electrons. The van der Waals surface area contributed by atoms with Gasteiger partial charge in [-0.05, 0) is 58.0 Å². The van der Waals surface area contributed by atoms with Gasteiger partial charge in [0.15, 0.2) is 11.5 Å². The Labute approximate surface area is 207 Å². The summed E-state index contributed by atoms with van der Waals surface area (Å²) >= 11 is 0. The van der Waals surface area contributed by atoms with Crippen LogP contribution in [-0.2, 0) is 19.1 Å². The number of esters is 2. The minimum absolute atomic E-state index is 0.103. The number of hydrogen-bond acceptors (Lipinski definition) is 6. The van der Waals surface area contributed by atoms with Gasteiger partial charge in [0, 0.05) is 11.7 Å². The lowest BCUT2D eigenvalue weighted by Crippen LogP contribution is -2.46. The molecule has 0 spiro atoms. The molecule has 1 aliphatic heterocycles. The number of hydrogen-bond donors (Lipinski definition) is 0. The van der Waals surface area contributed by atoms with Crippen LogP contribution in [0.5, 0.6) is 11.5 Å². The van der Waals surface area contributed by atoms with Crippen molar-refractivity contribution in [1.82, 2.24) is 4.57 Å². The van der Waals surface area contributed by atoms with E-state index in [1.807, 2.05) is 89.6 Å². The average Bonchev–Trinajstić information content (AvgIpc) is 3.62. The number of aromatic nitrogens is 1. The first kappa shape index (κ1) is 22.0. The van der Waals surface area contributed by atoms with E-state index in [1.165, 1.54) is 14.2 Å². The Balaban J connectivity index is 1.75. The Hall–Kier alpha value is -4.52. The van der Waals surface area contributed by atoms with Crippen LogP contribution in [0.15, 0.2) is 79.0 Å². The highest BCUT2D eigenvalue weighted by atomic mass is 16.7. The highest BCUT2D eigenvalue weighted by Gasteiger charge is 2.64. The SMILES string of the molecule is COC(=O)C1(C(=O)OC)/C(=C\c2ccccc2)c2cc3c(cc2C1n1ccc2ccccc21)OCO3. The summed E-state index contributed by atoms with van der Waals surface area (Å²) in [4.78, 5) is 27.7. The molecule has 2 aliphatic rings. The van der Waals surface area contributed by atoms with Gasteiger partial charge in [-0.1, -0.05) is 48.5 Å². The summed E-state index contributed by atoms with van der Waals surface area (Å²) in [6.07, 6.45) is 3.73. The summed E-state index contributed by atoms with van der Waals surface area (Å²) in [7, 11) is 2.57. The molecule has 6 rings (SSSR count). The number of nitrogens with zero attached hydrogens (tertiary/aromatic N) is 1. The van der Waals surface area contributed by atoms with Crippen molar-refractivity contribution in [3.05, 3.63) is 95.7 Å². The van der Waals surface area contributed by atoms with Crippen LogP contribution in [0, 0.1) is 5.41 Å². The lowest BCUT2D eigenvalue weighted by molar-refractivity contribution is -0.165. The molecule has 0 N–H and O–H groups in total. The summed E-state index contributed by atoms with van der Waals surface area (Å²) in [5.74, 6) is -0.316. The Morgan fingerprint density at radius 1 is 0.917 bits per heavy atom. The molecule has 1 unspecified atom stereocenters. The van der Waals surface area contributed by atoms with Gasteiger partial charge in [-0.15, -0.1) is 0 Å². The minimum atomic E-state index is -1.82. The lowest BCUT2D eigenvalue weighted by Gasteiger charge is -2.33. The van der Waals surface area contributed by atoms with E-state index < -0.39 is 23.4 Å². The van der Waals surface area contributed by atoms with Gasteiger partial charge in [0.05, 0.1) is 20.3 Å². The third kappa shape index (κ3) is 2.99. The first-order valence-electron chi connectivity index (χ1n) is 11.5. The standard InChI is InChI=1S/C29H23NO6/c1-33-27(31)29(28(32)34-2)22(14-18-8-4-3-5-9-18)20-15-24-25(36-17-35-24)16-21(20)26(29)30-13-12-19-10-6-7-11-23(19)30/h3-16,26H,17H2,1-2H3/b22-14-. The van der Waals surface area contributed by atoms with Crippen molar-refractivity contribution in [2.24, 2.45) is 5.41 Å². The van der Waals surface area contributed by atoms with E-state index in [-0.39, 0.29) is 6.79 Å². The van der Waals surface area contributed by atoms with E-state index in [0.29, 0.717) is 22.6 Å². The highest BCUT2D eigenvalue weighted by Crippen LogP contribution is 2.60. The first-order valence-corrected chi connectivity index (χ1v) is 11.5. The van der Waals surface area contributed by atoms with E-state index in [0.717, 1.165) is 22.0 Å². The second-order valence-corrected chi connectivity index (χ2v) is 8.74.